The smallest absolute Gasteiger partial charge is 0.202 e. The number of ketones is 1. The summed E-state index contributed by atoms with van der Waals surface area (Å²) in [6.07, 6.45) is 1.08. The van der Waals surface area contributed by atoms with Gasteiger partial charge in [-0.05, 0) is 48.2 Å². The highest BCUT2D eigenvalue weighted by molar-refractivity contribution is 7.21. The van der Waals surface area contributed by atoms with Crippen molar-refractivity contribution in [3.63, 3.8) is 0 Å². The van der Waals surface area contributed by atoms with Crippen molar-refractivity contribution in [2.45, 2.75) is 19.4 Å². The van der Waals surface area contributed by atoms with E-state index < -0.39 is 0 Å². The van der Waals surface area contributed by atoms with Crippen LogP contribution < -0.4 is 4.74 Å². The summed E-state index contributed by atoms with van der Waals surface area (Å²) in [5.41, 5.74) is 1.88. The standard InChI is InChI=1S/C18H14O2S/c1-11-8-14-9-13(6-7-15(14)20-11)18(19)17-10-12-4-2-3-5-16(12)21-17/h2-7,9-11H,8H2,1H3. The van der Waals surface area contributed by atoms with Crippen molar-refractivity contribution in [3.8, 4) is 5.75 Å². The van der Waals surface area contributed by atoms with E-state index in [0.717, 1.165) is 38.3 Å². The molecule has 1 atom stereocenters. The third-order valence-electron chi connectivity index (χ3n) is 3.81. The topological polar surface area (TPSA) is 26.3 Å². The molecule has 1 unspecified atom stereocenters. The summed E-state index contributed by atoms with van der Waals surface area (Å²) in [6, 6.07) is 15.8. The number of rotatable bonds is 2. The Bertz CT molecular complexity index is 814. The Morgan fingerprint density at radius 3 is 2.90 bits per heavy atom. The number of carbonyl (C=O) groups excluding carboxylic acids is 1. The van der Waals surface area contributed by atoms with Crippen molar-refractivity contribution in [1.82, 2.24) is 0 Å². The van der Waals surface area contributed by atoms with Crippen LogP contribution >= 0.6 is 11.3 Å². The van der Waals surface area contributed by atoms with Crippen molar-refractivity contribution in [1.29, 1.82) is 0 Å². The summed E-state index contributed by atoms with van der Waals surface area (Å²) >= 11 is 1.55. The second kappa shape index (κ2) is 4.71. The quantitative estimate of drug-likeness (QED) is 0.652. The van der Waals surface area contributed by atoms with Crippen molar-refractivity contribution in [2.75, 3.05) is 0 Å². The maximum absolute atomic E-state index is 12.7. The average Bonchev–Trinajstić information content (AvgIpc) is 3.07. The van der Waals surface area contributed by atoms with E-state index in [1.165, 1.54) is 0 Å². The summed E-state index contributed by atoms with van der Waals surface area (Å²) in [4.78, 5) is 13.5. The molecule has 1 aromatic heterocycles. The Morgan fingerprint density at radius 2 is 2.05 bits per heavy atom. The molecule has 0 saturated carbocycles. The lowest BCUT2D eigenvalue weighted by molar-refractivity contribution is 0.104. The molecule has 1 aliphatic rings. The van der Waals surface area contributed by atoms with Gasteiger partial charge in [0.1, 0.15) is 11.9 Å². The molecule has 21 heavy (non-hydrogen) atoms. The van der Waals surface area contributed by atoms with Crippen molar-refractivity contribution < 1.29 is 9.53 Å². The van der Waals surface area contributed by atoms with Gasteiger partial charge in [-0.2, -0.15) is 0 Å². The van der Waals surface area contributed by atoms with Crippen LogP contribution in [0.4, 0.5) is 0 Å². The van der Waals surface area contributed by atoms with Gasteiger partial charge >= 0.3 is 0 Å². The summed E-state index contributed by atoms with van der Waals surface area (Å²) in [6.45, 7) is 2.05. The van der Waals surface area contributed by atoms with E-state index in [9.17, 15) is 4.79 Å². The Kier molecular flexibility index (Phi) is 2.82. The second-order valence-electron chi connectivity index (χ2n) is 5.43. The fourth-order valence-corrected chi connectivity index (χ4v) is 3.82. The predicted molar refractivity (Wildman–Crippen MR) is 85.5 cm³/mol. The first-order valence-corrected chi connectivity index (χ1v) is 7.85. The zero-order chi connectivity index (χ0) is 14.4. The molecular formula is C18H14O2S. The van der Waals surface area contributed by atoms with Crippen LogP contribution in [0.25, 0.3) is 10.1 Å². The number of hydrogen-bond acceptors (Lipinski definition) is 3. The Labute approximate surface area is 127 Å². The van der Waals surface area contributed by atoms with Gasteiger partial charge in [-0.25, -0.2) is 0 Å². The van der Waals surface area contributed by atoms with Crippen LogP contribution in [0.2, 0.25) is 0 Å². The van der Waals surface area contributed by atoms with Crippen LogP contribution in [0.5, 0.6) is 5.75 Å². The van der Waals surface area contributed by atoms with Crippen LogP contribution in [0.1, 0.15) is 27.7 Å². The molecule has 0 saturated heterocycles. The molecule has 2 aromatic carbocycles. The van der Waals surface area contributed by atoms with Gasteiger partial charge in [-0.3, -0.25) is 4.79 Å². The fraction of sp³-hybridized carbons (Fsp3) is 0.167. The van der Waals surface area contributed by atoms with Crippen LogP contribution in [0.15, 0.2) is 48.5 Å². The zero-order valence-electron chi connectivity index (χ0n) is 11.6. The summed E-state index contributed by atoms with van der Waals surface area (Å²) in [5, 5.41) is 1.13. The van der Waals surface area contributed by atoms with Gasteiger partial charge in [-0.1, -0.05) is 18.2 Å². The zero-order valence-corrected chi connectivity index (χ0v) is 12.4. The first-order chi connectivity index (χ1) is 10.2. The summed E-state index contributed by atoms with van der Waals surface area (Å²) < 4.78 is 6.84. The van der Waals surface area contributed by atoms with E-state index >= 15 is 0 Å². The SMILES string of the molecule is CC1Cc2cc(C(=O)c3cc4ccccc4s3)ccc2O1. The van der Waals surface area contributed by atoms with E-state index in [2.05, 4.69) is 6.07 Å². The largest absolute Gasteiger partial charge is 0.490 e. The first kappa shape index (κ1) is 12.6. The van der Waals surface area contributed by atoms with Crippen molar-refractivity contribution >= 4 is 27.2 Å². The Morgan fingerprint density at radius 1 is 1.19 bits per heavy atom. The van der Waals surface area contributed by atoms with Gasteiger partial charge in [0.25, 0.3) is 0 Å². The predicted octanol–water partition coefficient (Wildman–Crippen LogP) is 4.46. The highest BCUT2D eigenvalue weighted by Crippen LogP contribution is 2.32. The van der Waals surface area contributed by atoms with Crippen LogP contribution in [-0.2, 0) is 6.42 Å². The molecule has 0 fully saturated rings. The molecule has 0 amide bonds. The van der Waals surface area contributed by atoms with Crippen LogP contribution in [0, 0.1) is 0 Å². The third-order valence-corrected chi connectivity index (χ3v) is 4.92. The first-order valence-electron chi connectivity index (χ1n) is 7.03. The lowest BCUT2D eigenvalue weighted by Crippen LogP contribution is -2.05. The minimum Gasteiger partial charge on any atom is -0.490 e. The normalized spacial score (nSPS) is 16.7. The maximum Gasteiger partial charge on any atom is 0.202 e. The van der Waals surface area contributed by atoms with E-state index in [4.69, 9.17) is 4.74 Å². The fourth-order valence-electron chi connectivity index (χ4n) is 2.80. The monoisotopic (exact) mass is 294 g/mol. The third kappa shape index (κ3) is 2.14. The molecule has 2 heterocycles. The highest BCUT2D eigenvalue weighted by Gasteiger charge is 2.21. The summed E-state index contributed by atoms with van der Waals surface area (Å²) in [5.74, 6) is 1.01. The average molecular weight is 294 g/mol. The minimum absolute atomic E-state index is 0.0959. The second-order valence-corrected chi connectivity index (χ2v) is 6.52. The molecule has 2 nitrogen and oxygen atoms in total. The molecule has 104 valence electrons. The van der Waals surface area contributed by atoms with Crippen molar-refractivity contribution in [3.05, 3.63) is 64.5 Å². The lowest BCUT2D eigenvalue weighted by Gasteiger charge is -2.03. The van der Waals surface area contributed by atoms with Gasteiger partial charge in [-0.15, -0.1) is 11.3 Å². The molecule has 0 spiro atoms. The van der Waals surface area contributed by atoms with E-state index in [1.54, 1.807) is 11.3 Å². The van der Waals surface area contributed by atoms with Crippen molar-refractivity contribution in [2.24, 2.45) is 0 Å². The van der Waals surface area contributed by atoms with E-state index in [-0.39, 0.29) is 11.9 Å². The number of carbonyl (C=O) groups is 1. The molecule has 1 aliphatic heterocycles. The lowest BCUT2D eigenvalue weighted by atomic mass is 10.0. The number of thiophene rings is 1. The molecule has 4 rings (SSSR count). The Hall–Kier alpha value is -2.13. The van der Waals surface area contributed by atoms with Crippen LogP contribution in [-0.4, -0.2) is 11.9 Å². The molecule has 0 N–H and O–H groups in total. The molecule has 0 aliphatic carbocycles. The molecule has 0 bridgehead atoms. The molecule has 0 radical (unpaired) electrons. The number of fused-ring (bicyclic) bond motifs is 2. The minimum atomic E-state index is 0.0959. The molecule has 3 aromatic rings. The Balaban J connectivity index is 1.73. The van der Waals surface area contributed by atoms with Gasteiger partial charge < -0.3 is 4.74 Å². The van der Waals surface area contributed by atoms with Gasteiger partial charge in [0.05, 0.1) is 4.88 Å². The van der Waals surface area contributed by atoms with Gasteiger partial charge in [0.2, 0.25) is 5.78 Å². The summed E-state index contributed by atoms with van der Waals surface area (Å²) in [7, 11) is 0. The van der Waals surface area contributed by atoms with Crippen LogP contribution in [0.3, 0.4) is 0 Å². The van der Waals surface area contributed by atoms with E-state index in [1.807, 2.05) is 49.4 Å². The highest BCUT2D eigenvalue weighted by atomic mass is 32.1. The molecule has 3 heteroatoms. The number of hydrogen-bond donors (Lipinski definition) is 0. The van der Waals surface area contributed by atoms with Gasteiger partial charge in [0.15, 0.2) is 0 Å². The number of ether oxygens (including phenoxy) is 1. The molecular weight excluding hydrogens is 280 g/mol. The van der Waals surface area contributed by atoms with Gasteiger partial charge in [0, 0.05) is 16.7 Å². The maximum atomic E-state index is 12.7. The number of benzene rings is 2. The van der Waals surface area contributed by atoms with E-state index in [0.29, 0.717) is 0 Å².